The molecule has 0 bridgehead atoms. The van der Waals surface area contributed by atoms with Gasteiger partial charge >= 0.3 is 0 Å². The zero-order chi connectivity index (χ0) is 12.7. The summed E-state index contributed by atoms with van der Waals surface area (Å²) in [5.74, 6) is 0.428. The quantitative estimate of drug-likeness (QED) is 0.760. The summed E-state index contributed by atoms with van der Waals surface area (Å²) in [6.45, 7) is 2.82. The van der Waals surface area contributed by atoms with Crippen molar-refractivity contribution in [1.29, 1.82) is 0 Å². The van der Waals surface area contributed by atoms with Crippen molar-refractivity contribution < 1.29 is 9.53 Å². The molecule has 0 aromatic heterocycles. The molecule has 1 unspecified atom stereocenters. The van der Waals surface area contributed by atoms with Crippen LogP contribution in [0.3, 0.4) is 0 Å². The van der Waals surface area contributed by atoms with Gasteiger partial charge in [-0.1, -0.05) is 17.7 Å². The number of ether oxygens (including phenoxy) is 1. The fourth-order valence-corrected chi connectivity index (χ4v) is 1.44. The molecule has 0 heterocycles. The predicted octanol–water partition coefficient (Wildman–Crippen LogP) is 1.57. The maximum absolute atomic E-state index is 11.6. The van der Waals surface area contributed by atoms with E-state index in [1.54, 1.807) is 31.2 Å². The average molecular weight is 257 g/mol. The second-order valence-electron chi connectivity index (χ2n) is 3.65. The number of halogens is 1. The van der Waals surface area contributed by atoms with Crippen molar-refractivity contribution in [2.45, 2.75) is 19.4 Å². The van der Waals surface area contributed by atoms with Crippen molar-refractivity contribution in [3.05, 3.63) is 29.3 Å². The normalized spacial score (nSPS) is 11.9. The van der Waals surface area contributed by atoms with Crippen LogP contribution in [0.15, 0.2) is 24.3 Å². The summed E-state index contributed by atoms with van der Waals surface area (Å²) < 4.78 is 5.46. The highest BCUT2D eigenvalue weighted by atomic mass is 35.5. The Morgan fingerprint density at radius 3 is 3.00 bits per heavy atom. The summed E-state index contributed by atoms with van der Waals surface area (Å²) in [6.07, 6.45) is 0.210. The minimum atomic E-state index is -0.550. The molecule has 1 atom stereocenters. The fourth-order valence-electron chi connectivity index (χ4n) is 1.26. The molecule has 0 saturated heterocycles. The second kappa shape index (κ2) is 7.14. The van der Waals surface area contributed by atoms with Gasteiger partial charge in [0.15, 0.2) is 6.10 Å². The van der Waals surface area contributed by atoms with E-state index in [-0.39, 0.29) is 5.91 Å². The lowest BCUT2D eigenvalue weighted by molar-refractivity contribution is -0.127. The van der Waals surface area contributed by atoms with Gasteiger partial charge in [0, 0.05) is 11.6 Å². The van der Waals surface area contributed by atoms with Crippen LogP contribution < -0.4 is 15.8 Å². The minimum absolute atomic E-state index is 0.154. The maximum Gasteiger partial charge on any atom is 0.260 e. The van der Waals surface area contributed by atoms with Gasteiger partial charge < -0.3 is 15.8 Å². The van der Waals surface area contributed by atoms with Crippen molar-refractivity contribution in [2.24, 2.45) is 5.73 Å². The Labute approximate surface area is 106 Å². The summed E-state index contributed by atoms with van der Waals surface area (Å²) in [5, 5.41) is 3.32. The molecule has 4 nitrogen and oxygen atoms in total. The Balaban J connectivity index is 2.43. The van der Waals surface area contributed by atoms with Crippen LogP contribution in [-0.2, 0) is 4.79 Å². The first-order chi connectivity index (χ1) is 8.13. The summed E-state index contributed by atoms with van der Waals surface area (Å²) in [4.78, 5) is 11.6. The van der Waals surface area contributed by atoms with Gasteiger partial charge in [-0.25, -0.2) is 0 Å². The smallest absolute Gasteiger partial charge is 0.260 e. The standard InChI is InChI=1S/C12H17ClN2O2/c1-9(12(16)15-7-3-6-14)17-11-5-2-4-10(13)8-11/h2,4-5,8-9H,3,6-7,14H2,1H3,(H,15,16). The highest BCUT2D eigenvalue weighted by Crippen LogP contribution is 2.18. The van der Waals surface area contributed by atoms with E-state index < -0.39 is 6.10 Å². The van der Waals surface area contributed by atoms with Gasteiger partial charge in [0.2, 0.25) is 0 Å². The molecule has 5 heteroatoms. The molecule has 0 saturated carbocycles. The van der Waals surface area contributed by atoms with Crippen molar-refractivity contribution in [3.8, 4) is 5.75 Å². The molecule has 94 valence electrons. The molecular weight excluding hydrogens is 240 g/mol. The van der Waals surface area contributed by atoms with Crippen molar-refractivity contribution in [2.75, 3.05) is 13.1 Å². The number of benzene rings is 1. The lowest BCUT2D eigenvalue weighted by atomic mass is 10.3. The Morgan fingerprint density at radius 1 is 1.59 bits per heavy atom. The maximum atomic E-state index is 11.6. The van der Waals surface area contributed by atoms with E-state index in [4.69, 9.17) is 22.1 Å². The molecule has 0 spiro atoms. The second-order valence-corrected chi connectivity index (χ2v) is 4.09. The van der Waals surface area contributed by atoms with Crippen molar-refractivity contribution in [3.63, 3.8) is 0 Å². The average Bonchev–Trinajstić information content (AvgIpc) is 2.29. The molecule has 1 aromatic rings. The van der Waals surface area contributed by atoms with E-state index in [0.29, 0.717) is 23.9 Å². The Hall–Kier alpha value is -1.26. The van der Waals surface area contributed by atoms with Gasteiger partial charge in [-0.15, -0.1) is 0 Å². The lowest BCUT2D eigenvalue weighted by Gasteiger charge is -2.14. The third-order valence-electron chi connectivity index (χ3n) is 2.16. The van der Waals surface area contributed by atoms with Crippen LogP contribution in [0.1, 0.15) is 13.3 Å². The first kappa shape index (κ1) is 13.8. The third-order valence-corrected chi connectivity index (χ3v) is 2.39. The zero-order valence-corrected chi connectivity index (χ0v) is 10.5. The monoisotopic (exact) mass is 256 g/mol. The summed E-state index contributed by atoms with van der Waals surface area (Å²) >= 11 is 5.82. The van der Waals surface area contributed by atoms with Crippen LogP contribution in [0.2, 0.25) is 5.02 Å². The minimum Gasteiger partial charge on any atom is -0.481 e. The molecule has 0 aliphatic heterocycles. The number of carbonyl (C=O) groups is 1. The predicted molar refractivity (Wildman–Crippen MR) is 68.2 cm³/mol. The summed E-state index contributed by atoms with van der Waals surface area (Å²) in [6, 6.07) is 6.96. The van der Waals surface area contributed by atoms with E-state index >= 15 is 0 Å². The number of carbonyl (C=O) groups excluding carboxylic acids is 1. The highest BCUT2D eigenvalue weighted by Gasteiger charge is 2.13. The van der Waals surface area contributed by atoms with Gasteiger partial charge in [-0.2, -0.15) is 0 Å². The Bertz CT molecular complexity index is 371. The highest BCUT2D eigenvalue weighted by molar-refractivity contribution is 6.30. The number of hydrogen-bond donors (Lipinski definition) is 2. The van der Waals surface area contributed by atoms with Crippen LogP contribution in [0.5, 0.6) is 5.75 Å². The largest absolute Gasteiger partial charge is 0.481 e. The van der Waals surface area contributed by atoms with Gasteiger partial charge in [0.1, 0.15) is 5.75 Å². The Kier molecular flexibility index (Phi) is 5.80. The van der Waals surface area contributed by atoms with E-state index in [1.807, 2.05) is 0 Å². The molecule has 0 aliphatic rings. The molecule has 1 aromatic carbocycles. The number of nitrogens with one attached hydrogen (secondary N) is 1. The van der Waals surface area contributed by atoms with Crippen molar-refractivity contribution in [1.82, 2.24) is 5.32 Å². The molecule has 1 rings (SSSR count). The SMILES string of the molecule is CC(Oc1cccc(Cl)c1)C(=O)NCCCN. The van der Waals surface area contributed by atoms with Gasteiger partial charge in [-0.05, 0) is 38.1 Å². The zero-order valence-electron chi connectivity index (χ0n) is 9.78. The van der Waals surface area contributed by atoms with E-state index in [9.17, 15) is 4.79 Å². The van der Waals surface area contributed by atoms with Gasteiger partial charge in [-0.3, -0.25) is 4.79 Å². The number of rotatable bonds is 6. The molecule has 0 fully saturated rings. The third kappa shape index (κ3) is 5.06. The number of nitrogens with two attached hydrogens (primary N) is 1. The fraction of sp³-hybridized carbons (Fsp3) is 0.417. The van der Waals surface area contributed by atoms with Crippen LogP contribution in [-0.4, -0.2) is 25.1 Å². The van der Waals surface area contributed by atoms with Crippen LogP contribution >= 0.6 is 11.6 Å². The van der Waals surface area contributed by atoms with Crippen LogP contribution in [0, 0.1) is 0 Å². The van der Waals surface area contributed by atoms with Gasteiger partial charge in [0.25, 0.3) is 5.91 Å². The number of amides is 1. The van der Waals surface area contributed by atoms with Crippen LogP contribution in [0.25, 0.3) is 0 Å². The van der Waals surface area contributed by atoms with E-state index in [1.165, 1.54) is 0 Å². The van der Waals surface area contributed by atoms with E-state index in [0.717, 1.165) is 6.42 Å². The molecular formula is C12H17ClN2O2. The first-order valence-corrected chi connectivity index (χ1v) is 5.91. The molecule has 3 N–H and O–H groups in total. The van der Waals surface area contributed by atoms with Gasteiger partial charge in [0.05, 0.1) is 0 Å². The lowest BCUT2D eigenvalue weighted by Crippen LogP contribution is -2.37. The number of hydrogen-bond acceptors (Lipinski definition) is 3. The molecule has 17 heavy (non-hydrogen) atoms. The molecule has 0 aliphatic carbocycles. The summed E-state index contributed by atoms with van der Waals surface area (Å²) in [7, 11) is 0. The topological polar surface area (TPSA) is 64.3 Å². The first-order valence-electron chi connectivity index (χ1n) is 5.53. The van der Waals surface area contributed by atoms with E-state index in [2.05, 4.69) is 5.32 Å². The molecule has 1 amide bonds. The van der Waals surface area contributed by atoms with Crippen LogP contribution in [0.4, 0.5) is 0 Å². The Morgan fingerprint density at radius 2 is 2.35 bits per heavy atom. The molecule has 0 radical (unpaired) electrons. The van der Waals surface area contributed by atoms with Crippen molar-refractivity contribution >= 4 is 17.5 Å². The summed E-state index contributed by atoms with van der Waals surface area (Å²) in [5.41, 5.74) is 5.33.